The molecule has 4 rings (SSSR count). The predicted octanol–water partition coefficient (Wildman–Crippen LogP) is 1.04. The van der Waals surface area contributed by atoms with Gasteiger partial charge in [-0.25, -0.2) is 0 Å². The summed E-state index contributed by atoms with van der Waals surface area (Å²) in [6.45, 7) is 3.20. The number of pyridine rings is 1. The molecule has 0 unspecified atom stereocenters. The van der Waals surface area contributed by atoms with Gasteiger partial charge < -0.3 is 20.2 Å². The molecule has 0 bridgehead atoms. The topological polar surface area (TPSA) is 85.8 Å². The third-order valence-corrected chi connectivity index (χ3v) is 4.97. The van der Waals surface area contributed by atoms with Crippen molar-refractivity contribution < 1.29 is 14.7 Å². The molecule has 2 amide bonds. The van der Waals surface area contributed by atoms with E-state index in [0.717, 1.165) is 24.3 Å². The van der Waals surface area contributed by atoms with Crippen LogP contribution < -0.4 is 10.2 Å². The van der Waals surface area contributed by atoms with Crippen molar-refractivity contribution in [2.75, 3.05) is 37.6 Å². The van der Waals surface area contributed by atoms with Crippen molar-refractivity contribution in [1.29, 1.82) is 0 Å². The number of hydrogen-bond acceptors (Lipinski definition) is 5. The molecule has 2 N–H and O–H groups in total. The molecule has 1 aromatic carbocycles. The number of phenols is 1. The first-order chi connectivity index (χ1) is 12.6. The van der Waals surface area contributed by atoms with Crippen LogP contribution in [0.15, 0.2) is 36.7 Å². The highest BCUT2D eigenvalue weighted by molar-refractivity contribution is 6.02. The molecule has 0 radical (unpaired) electrons. The Labute approximate surface area is 151 Å². The van der Waals surface area contributed by atoms with Crippen molar-refractivity contribution in [2.24, 2.45) is 0 Å². The first-order valence-corrected chi connectivity index (χ1v) is 8.72. The van der Waals surface area contributed by atoms with Crippen molar-refractivity contribution in [1.82, 2.24) is 15.2 Å². The van der Waals surface area contributed by atoms with Crippen LogP contribution >= 0.6 is 0 Å². The number of carbonyl (C=O) groups is 2. The number of phenolic OH excluding ortho intramolecular Hbond substituents is 1. The molecule has 1 saturated heterocycles. The minimum absolute atomic E-state index is 0.0607. The number of aromatic hydroxyl groups is 1. The van der Waals surface area contributed by atoms with Gasteiger partial charge in [0.2, 0.25) is 0 Å². The number of amides is 2. The number of piperazine rings is 1. The van der Waals surface area contributed by atoms with Gasteiger partial charge in [0.25, 0.3) is 11.8 Å². The molecule has 3 heterocycles. The smallest absolute Gasteiger partial charge is 0.255 e. The van der Waals surface area contributed by atoms with Gasteiger partial charge in [-0.1, -0.05) is 0 Å². The van der Waals surface area contributed by atoms with E-state index in [1.165, 1.54) is 6.20 Å². The number of rotatable bonds is 2. The van der Waals surface area contributed by atoms with E-state index in [1.807, 2.05) is 17.0 Å². The maximum absolute atomic E-state index is 13.0. The van der Waals surface area contributed by atoms with Crippen molar-refractivity contribution in [3.63, 3.8) is 0 Å². The lowest BCUT2D eigenvalue weighted by Gasteiger charge is -2.36. The lowest BCUT2D eigenvalue weighted by Crippen LogP contribution is -2.49. The van der Waals surface area contributed by atoms with E-state index in [1.54, 1.807) is 18.3 Å². The second-order valence-electron chi connectivity index (χ2n) is 6.51. The summed E-state index contributed by atoms with van der Waals surface area (Å²) < 4.78 is 0. The molecule has 0 aliphatic carbocycles. The maximum Gasteiger partial charge on any atom is 0.255 e. The van der Waals surface area contributed by atoms with Crippen LogP contribution in [0, 0.1) is 0 Å². The average Bonchev–Trinajstić information content (AvgIpc) is 2.68. The zero-order valence-corrected chi connectivity index (χ0v) is 14.3. The molecule has 7 heteroatoms. The van der Waals surface area contributed by atoms with E-state index in [0.29, 0.717) is 37.2 Å². The minimum Gasteiger partial charge on any atom is -0.508 e. The third-order valence-electron chi connectivity index (χ3n) is 4.97. The number of fused-ring (bicyclic) bond motifs is 1. The van der Waals surface area contributed by atoms with E-state index in [2.05, 4.69) is 15.2 Å². The normalized spacial score (nSPS) is 16.8. The molecule has 1 aromatic heterocycles. The van der Waals surface area contributed by atoms with Gasteiger partial charge in [-0.05, 0) is 36.2 Å². The monoisotopic (exact) mass is 352 g/mol. The Bertz CT molecular complexity index is 842. The Kier molecular flexibility index (Phi) is 4.20. The zero-order valence-electron chi connectivity index (χ0n) is 14.3. The highest BCUT2D eigenvalue weighted by Crippen LogP contribution is 2.22. The number of hydrogen-bond donors (Lipinski definition) is 2. The third kappa shape index (κ3) is 2.96. The average molecular weight is 352 g/mol. The van der Waals surface area contributed by atoms with Gasteiger partial charge in [0.15, 0.2) is 0 Å². The van der Waals surface area contributed by atoms with E-state index in [4.69, 9.17) is 0 Å². The number of benzene rings is 1. The van der Waals surface area contributed by atoms with Crippen LogP contribution in [0.2, 0.25) is 0 Å². The molecule has 0 spiro atoms. The van der Waals surface area contributed by atoms with Crippen LogP contribution in [-0.4, -0.2) is 59.5 Å². The molecule has 0 atom stereocenters. The lowest BCUT2D eigenvalue weighted by atomic mass is 9.97. The van der Waals surface area contributed by atoms with Gasteiger partial charge >= 0.3 is 0 Å². The quantitative estimate of drug-likeness (QED) is 0.843. The Balaban J connectivity index is 1.48. The molecular formula is C19H20N4O3. The Hall–Kier alpha value is -3.09. The van der Waals surface area contributed by atoms with Gasteiger partial charge in [0.05, 0.1) is 11.1 Å². The van der Waals surface area contributed by atoms with E-state index < -0.39 is 0 Å². The second kappa shape index (κ2) is 6.67. The molecular weight excluding hydrogens is 332 g/mol. The zero-order chi connectivity index (χ0) is 18.1. The molecule has 134 valence electrons. The molecule has 7 nitrogen and oxygen atoms in total. The summed E-state index contributed by atoms with van der Waals surface area (Å²) >= 11 is 0. The van der Waals surface area contributed by atoms with Crippen molar-refractivity contribution in [2.45, 2.75) is 6.42 Å². The van der Waals surface area contributed by atoms with E-state index in [9.17, 15) is 14.7 Å². The molecule has 2 aliphatic heterocycles. The van der Waals surface area contributed by atoms with E-state index in [-0.39, 0.29) is 17.6 Å². The summed E-state index contributed by atoms with van der Waals surface area (Å²) in [5.74, 6) is 0.0212. The highest BCUT2D eigenvalue weighted by atomic mass is 16.3. The number of nitrogens with zero attached hydrogens (tertiary/aromatic N) is 3. The van der Waals surface area contributed by atoms with Gasteiger partial charge in [0, 0.05) is 50.8 Å². The Morgan fingerprint density at radius 3 is 2.54 bits per heavy atom. The first-order valence-electron chi connectivity index (χ1n) is 8.72. The van der Waals surface area contributed by atoms with Crippen LogP contribution in [0.25, 0.3) is 0 Å². The minimum atomic E-state index is -0.162. The van der Waals surface area contributed by atoms with Gasteiger partial charge in [-0.3, -0.25) is 14.6 Å². The van der Waals surface area contributed by atoms with Crippen LogP contribution in [0.3, 0.4) is 0 Å². The van der Waals surface area contributed by atoms with Gasteiger partial charge in [-0.15, -0.1) is 0 Å². The summed E-state index contributed by atoms with van der Waals surface area (Å²) in [7, 11) is 0. The lowest BCUT2D eigenvalue weighted by molar-refractivity contribution is 0.0745. The number of aromatic nitrogens is 1. The second-order valence-corrected chi connectivity index (χ2v) is 6.51. The molecule has 2 aliphatic rings. The fraction of sp³-hybridized carbons (Fsp3) is 0.316. The van der Waals surface area contributed by atoms with Crippen molar-refractivity contribution in [3.05, 3.63) is 53.3 Å². The fourth-order valence-electron chi connectivity index (χ4n) is 3.53. The SMILES string of the molecule is O=C1NCCc2c1cncc2C(=O)N1CCN(c2ccc(O)cc2)CC1. The Morgan fingerprint density at radius 2 is 1.81 bits per heavy atom. The summed E-state index contributed by atoms with van der Waals surface area (Å²) in [6.07, 6.45) is 3.76. The molecule has 2 aromatic rings. The van der Waals surface area contributed by atoms with Crippen molar-refractivity contribution in [3.8, 4) is 5.75 Å². The fourth-order valence-corrected chi connectivity index (χ4v) is 3.53. The van der Waals surface area contributed by atoms with Crippen molar-refractivity contribution >= 4 is 17.5 Å². The van der Waals surface area contributed by atoms with Crippen LogP contribution in [-0.2, 0) is 6.42 Å². The Morgan fingerprint density at radius 1 is 1.08 bits per heavy atom. The summed E-state index contributed by atoms with van der Waals surface area (Å²) in [5.41, 5.74) is 2.88. The van der Waals surface area contributed by atoms with Gasteiger partial charge in [0.1, 0.15) is 5.75 Å². The standard InChI is InChI=1S/C19H20N4O3/c24-14-3-1-13(2-4-14)22-7-9-23(10-8-22)19(26)17-12-20-11-16-15(17)5-6-21-18(16)25/h1-4,11-12,24H,5-10H2,(H,21,25). The van der Waals surface area contributed by atoms with Crippen LogP contribution in [0.4, 0.5) is 5.69 Å². The number of nitrogens with one attached hydrogen (secondary N) is 1. The molecule has 0 saturated carbocycles. The number of anilines is 1. The predicted molar refractivity (Wildman–Crippen MR) is 96.5 cm³/mol. The van der Waals surface area contributed by atoms with Gasteiger partial charge in [-0.2, -0.15) is 0 Å². The van der Waals surface area contributed by atoms with E-state index >= 15 is 0 Å². The first kappa shape index (κ1) is 16.4. The summed E-state index contributed by atoms with van der Waals surface area (Å²) in [6, 6.07) is 7.09. The van der Waals surface area contributed by atoms with Crippen LogP contribution in [0.1, 0.15) is 26.3 Å². The number of carbonyl (C=O) groups excluding carboxylic acids is 2. The highest BCUT2D eigenvalue weighted by Gasteiger charge is 2.27. The molecule has 1 fully saturated rings. The summed E-state index contributed by atoms with van der Waals surface area (Å²) in [5, 5.41) is 12.2. The molecule has 26 heavy (non-hydrogen) atoms. The maximum atomic E-state index is 13.0. The largest absolute Gasteiger partial charge is 0.508 e. The van der Waals surface area contributed by atoms with Crippen LogP contribution in [0.5, 0.6) is 5.75 Å². The summed E-state index contributed by atoms with van der Waals surface area (Å²) in [4.78, 5) is 33.0.